The van der Waals surface area contributed by atoms with Crippen LogP contribution in [0.25, 0.3) is 33.2 Å². The minimum atomic E-state index is -0.577. The quantitative estimate of drug-likeness (QED) is 0.170. The Hall–Kier alpha value is -5.75. The number of halogens is 1. The third kappa shape index (κ3) is 7.74. The fourth-order valence-corrected chi connectivity index (χ4v) is 5.47. The molecular weight excluding hydrogens is 595 g/mol. The van der Waals surface area contributed by atoms with Crippen molar-refractivity contribution in [2.45, 2.75) is 32.9 Å². The number of fused-ring (bicyclic) bond motifs is 1. The van der Waals surface area contributed by atoms with E-state index in [2.05, 4.69) is 16.4 Å². The Morgan fingerprint density at radius 2 is 1.79 bits per heavy atom. The topological polar surface area (TPSA) is 105 Å². The molecule has 0 aliphatic rings. The van der Waals surface area contributed by atoms with Gasteiger partial charge in [-0.05, 0) is 83.6 Å². The van der Waals surface area contributed by atoms with Crippen LogP contribution in [-0.4, -0.2) is 48.6 Å². The van der Waals surface area contributed by atoms with Crippen LogP contribution in [0.3, 0.4) is 0 Å². The molecule has 1 N–H and O–H groups in total. The largest absolute Gasteiger partial charge is 0.497 e. The zero-order valence-electron chi connectivity index (χ0n) is 26.7. The van der Waals surface area contributed by atoms with Crippen LogP contribution in [0.5, 0.6) is 5.75 Å². The summed E-state index contributed by atoms with van der Waals surface area (Å²) in [6.45, 7) is 4.03. The molecule has 1 aromatic heterocycles. The van der Waals surface area contributed by atoms with E-state index in [0.717, 1.165) is 16.7 Å². The van der Waals surface area contributed by atoms with E-state index < -0.39 is 18.0 Å². The van der Waals surface area contributed by atoms with Crippen molar-refractivity contribution < 1.29 is 23.5 Å². The average molecular weight is 631 g/mol. The maximum Gasteiger partial charge on any atom is 0.407 e. The maximum absolute atomic E-state index is 14.7. The lowest BCUT2D eigenvalue weighted by atomic mass is 9.93. The number of ether oxygens (including phenoxy) is 2. The van der Waals surface area contributed by atoms with Gasteiger partial charge in [0.25, 0.3) is 5.91 Å². The fourth-order valence-electron chi connectivity index (χ4n) is 5.47. The Morgan fingerprint density at radius 1 is 1.00 bits per heavy atom. The summed E-state index contributed by atoms with van der Waals surface area (Å²) in [5, 5.41) is 13.0. The van der Waals surface area contributed by atoms with Crippen LogP contribution in [0.4, 0.5) is 9.18 Å². The number of methoxy groups -OCH3 is 1. The Bertz CT molecular complexity index is 1950. The van der Waals surface area contributed by atoms with Crippen LogP contribution in [0.1, 0.15) is 40.4 Å². The minimum absolute atomic E-state index is 0.128. The first-order valence-electron chi connectivity index (χ1n) is 15.2. The molecule has 2 amide bonds. The van der Waals surface area contributed by atoms with E-state index in [9.17, 15) is 19.2 Å². The van der Waals surface area contributed by atoms with E-state index in [0.29, 0.717) is 50.9 Å². The van der Waals surface area contributed by atoms with Crippen molar-refractivity contribution in [1.29, 1.82) is 5.26 Å². The number of carbonyl (C=O) groups excluding carboxylic acids is 2. The number of rotatable bonds is 10. The van der Waals surface area contributed by atoms with Crippen molar-refractivity contribution in [3.63, 3.8) is 0 Å². The molecule has 1 unspecified atom stereocenters. The summed E-state index contributed by atoms with van der Waals surface area (Å²) in [7, 11) is 3.20. The lowest BCUT2D eigenvalue weighted by Crippen LogP contribution is -2.44. The third-order valence-electron chi connectivity index (χ3n) is 7.91. The van der Waals surface area contributed by atoms with Crippen LogP contribution in [0.15, 0.2) is 91.1 Å². The Morgan fingerprint density at radius 3 is 2.49 bits per heavy atom. The van der Waals surface area contributed by atoms with Crippen molar-refractivity contribution in [3.8, 4) is 34.1 Å². The van der Waals surface area contributed by atoms with E-state index >= 15 is 0 Å². The standard InChI is InChI=1S/C38H35FN4O4/c1-5-31(42-38(45)47-23-25-9-7-6-8-10-25)22-43(3)37(44)36-33-19-27(28-15-26(20-40)16-32(18-28)46-4)11-12-35(33)41-21-34(36)29-13-24(2)14-30(39)17-29/h6-19,21,31H,5,22-23H2,1-4H3,(H,42,45). The summed E-state index contributed by atoms with van der Waals surface area (Å²) in [6.07, 6.45) is 1.56. The van der Waals surface area contributed by atoms with Gasteiger partial charge in [-0.3, -0.25) is 9.78 Å². The lowest BCUT2D eigenvalue weighted by Gasteiger charge is -2.25. The number of amides is 2. The molecular formula is C38H35FN4O4. The molecule has 0 fully saturated rings. The SMILES string of the molecule is CCC(CN(C)C(=O)c1c(-c2cc(C)cc(F)c2)cnc2ccc(-c3cc(C#N)cc(OC)c3)cc12)NC(=O)OCc1ccccc1. The molecule has 5 aromatic rings. The van der Waals surface area contributed by atoms with Crippen LogP contribution in [0, 0.1) is 24.1 Å². The predicted octanol–water partition coefficient (Wildman–Crippen LogP) is 7.67. The van der Waals surface area contributed by atoms with Gasteiger partial charge >= 0.3 is 6.09 Å². The number of nitrogens with one attached hydrogen (secondary N) is 1. The predicted molar refractivity (Wildman–Crippen MR) is 179 cm³/mol. The number of alkyl carbamates (subject to hydrolysis) is 1. The normalized spacial score (nSPS) is 11.4. The van der Waals surface area contributed by atoms with Gasteiger partial charge in [0, 0.05) is 36.8 Å². The van der Waals surface area contributed by atoms with Crippen molar-refractivity contribution in [2.75, 3.05) is 20.7 Å². The number of hydrogen-bond acceptors (Lipinski definition) is 6. The molecule has 0 aliphatic heterocycles. The molecule has 1 heterocycles. The summed E-state index contributed by atoms with van der Waals surface area (Å²) >= 11 is 0. The van der Waals surface area contributed by atoms with Crippen LogP contribution < -0.4 is 10.1 Å². The highest BCUT2D eigenvalue weighted by molar-refractivity contribution is 6.12. The number of carbonyl (C=O) groups is 2. The van der Waals surface area contributed by atoms with Gasteiger partial charge in [-0.25, -0.2) is 9.18 Å². The lowest BCUT2D eigenvalue weighted by molar-refractivity contribution is 0.0775. The van der Waals surface area contributed by atoms with Crippen LogP contribution in [-0.2, 0) is 11.3 Å². The summed E-state index contributed by atoms with van der Waals surface area (Å²) in [5.41, 5.74) is 5.37. The number of aromatic nitrogens is 1. The van der Waals surface area contributed by atoms with Crippen LogP contribution in [0.2, 0.25) is 0 Å². The average Bonchev–Trinajstić information content (AvgIpc) is 3.09. The Labute approximate surface area is 273 Å². The number of nitriles is 1. The summed E-state index contributed by atoms with van der Waals surface area (Å²) in [5.74, 6) is -0.226. The molecule has 8 nitrogen and oxygen atoms in total. The number of nitrogens with zero attached hydrogens (tertiary/aromatic N) is 3. The van der Waals surface area contributed by atoms with Gasteiger partial charge in [0.2, 0.25) is 0 Å². The van der Waals surface area contributed by atoms with Crippen molar-refractivity contribution in [1.82, 2.24) is 15.2 Å². The number of hydrogen-bond donors (Lipinski definition) is 1. The molecule has 0 bridgehead atoms. The van der Waals surface area contributed by atoms with Crippen LogP contribution >= 0.6 is 0 Å². The molecule has 47 heavy (non-hydrogen) atoms. The first-order valence-corrected chi connectivity index (χ1v) is 15.2. The highest BCUT2D eigenvalue weighted by Gasteiger charge is 2.24. The smallest absolute Gasteiger partial charge is 0.407 e. The molecule has 9 heteroatoms. The van der Waals surface area contributed by atoms with E-state index in [1.165, 1.54) is 19.2 Å². The molecule has 4 aromatic carbocycles. The summed E-state index contributed by atoms with van der Waals surface area (Å²) in [6, 6.07) is 26.5. The van der Waals surface area contributed by atoms with Gasteiger partial charge < -0.3 is 19.7 Å². The fraction of sp³-hybridized carbons (Fsp3) is 0.211. The second-order valence-electron chi connectivity index (χ2n) is 11.4. The molecule has 0 aliphatic carbocycles. The van der Waals surface area contributed by atoms with E-state index in [1.807, 2.05) is 67.6 Å². The Balaban J connectivity index is 1.52. The van der Waals surface area contributed by atoms with E-state index in [1.54, 1.807) is 37.2 Å². The van der Waals surface area contributed by atoms with Crippen molar-refractivity contribution in [3.05, 3.63) is 119 Å². The number of pyridine rings is 1. The van der Waals surface area contributed by atoms with Gasteiger partial charge in [0.1, 0.15) is 18.2 Å². The molecule has 0 spiro atoms. The minimum Gasteiger partial charge on any atom is -0.497 e. The van der Waals surface area contributed by atoms with E-state index in [-0.39, 0.29) is 19.1 Å². The molecule has 238 valence electrons. The molecule has 0 saturated carbocycles. The number of benzene rings is 4. The van der Waals surface area contributed by atoms with Gasteiger partial charge in [0.05, 0.1) is 29.8 Å². The van der Waals surface area contributed by atoms with Gasteiger partial charge in [-0.1, -0.05) is 49.4 Å². The van der Waals surface area contributed by atoms with E-state index in [4.69, 9.17) is 9.47 Å². The van der Waals surface area contributed by atoms with Crippen molar-refractivity contribution in [2.24, 2.45) is 0 Å². The highest BCUT2D eigenvalue weighted by Crippen LogP contribution is 2.34. The first-order chi connectivity index (χ1) is 22.7. The Kier molecular flexibility index (Phi) is 10.1. The van der Waals surface area contributed by atoms with Gasteiger partial charge in [0.15, 0.2) is 0 Å². The molecule has 5 rings (SSSR count). The number of likely N-dealkylation sites (N-methyl/N-ethyl adjacent to an activating group) is 1. The maximum atomic E-state index is 14.7. The second-order valence-corrected chi connectivity index (χ2v) is 11.4. The highest BCUT2D eigenvalue weighted by atomic mass is 19.1. The molecule has 0 saturated heterocycles. The first kappa shape index (κ1) is 32.6. The number of aryl methyl sites for hydroxylation is 1. The zero-order valence-corrected chi connectivity index (χ0v) is 26.7. The second kappa shape index (κ2) is 14.6. The van der Waals surface area contributed by atoms with Gasteiger partial charge in [-0.15, -0.1) is 0 Å². The summed E-state index contributed by atoms with van der Waals surface area (Å²) in [4.78, 5) is 33.2. The third-order valence-corrected chi connectivity index (χ3v) is 7.91. The zero-order chi connectivity index (χ0) is 33.5. The van der Waals surface area contributed by atoms with Gasteiger partial charge in [-0.2, -0.15) is 5.26 Å². The van der Waals surface area contributed by atoms with Crippen molar-refractivity contribution >= 4 is 22.9 Å². The summed E-state index contributed by atoms with van der Waals surface area (Å²) < 4.78 is 25.5. The molecule has 1 atom stereocenters. The monoisotopic (exact) mass is 630 g/mol. The molecule has 0 radical (unpaired) electrons.